The van der Waals surface area contributed by atoms with Crippen LogP contribution >= 0.6 is 0 Å². The molecule has 0 aliphatic heterocycles. The van der Waals surface area contributed by atoms with E-state index in [4.69, 9.17) is 4.74 Å². The van der Waals surface area contributed by atoms with Crippen LogP contribution in [0.3, 0.4) is 0 Å². The maximum Gasteiger partial charge on any atom is 0.200 e. The summed E-state index contributed by atoms with van der Waals surface area (Å²) in [7, 11) is 0. The maximum atomic E-state index is 14.2. The van der Waals surface area contributed by atoms with E-state index in [0.29, 0.717) is 31.2 Å². The minimum Gasteiger partial charge on any atom is -0.491 e. The highest BCUT2D eigenvalue weighted by Gasteiger charge is 2.26. The minimum atomic E-state index is -1.08. The van der Waals surface area contributed by atoms with E-state index in [2.05, 4.69) is 0 Å². The van der Waals surface area contributed by atoms with Gasteiger partial charge in [-0.05, 0) is 62.1 Å². The van der Waals surface area contributed by atoms with Crippen LogP contribution in [0.4, 0.5) is 17.6 Å². The van der Waals surface area contributed by atoms with E-state index in [0.717, 1.165) is 0 Å². The molecule has 1 aromatic carbocycles. The number of rotatable bonds is 5. The molecule has 1 aliphatic rings. The van der Waals surface area contributed by atoms with E-state index in [1.807, 2.05) is 0 Å². The molecule has 0 heterocycles. The minimum absolute atomic E-state index is 0.0254. The third-order valence-corrected chi connectivity index (χ3v) is 4.13. The number of alkyl halides is 1. The zero-order valence-electron chi connectivity index (χ0n) is 12.5. The molecule has 0 bridgehead atoms. The lowest BCUT2D eigenvalue weighted by Crippen LogP contribution is -2.14. The van der Waals surface area contributed by atoms with Gasteiger partial charge in [0.25, 0.3) is 0 Å². The van der Waals surface area contributed by atoms with Crippen molar-refractivity contribution in [3.8, 4) is 5.75 Å². The largest absolute Gasteiger partial charge is 0.491 e. The van der Waals surface area contributed by atoms with Crippen molar-refractivity contribution in [1.82, 2.24) is 0 Å². The Balaban J connectivity index is 2.07. The first-order valence-corrected chi connectivity index (χ1v) is 7.59. The standard InChI is InChI=1S/C17H20F4O/c1-2-22-15-8-7-14(16(20)17(15)21)12-5-3-11(4-6-12)9-13(19)10-18/h7-9,11-12H,2-6,10H2,1H3/b13-9-. The first kappa shape index (κ1) is 16.8. The van der Waals surface area contributed by atoms with Gasteiger partial charge < -0.3 is 4.74 Å². The van der Waals surface area contributed by atoms with Gasteiger partial charge in [0, 0.05) is 0 Å². The van der Waals surface area contributed by atoms with Gasteiger partial charge in [-0.2, -0.15) is 4.39 Å². The lowest BCUT2D eigenvalue weighted by molar-refractivity contribution is 0.309. The molecule has 1 fully saturated rings. The molecule has 0 saturated heterocycles. The van der Waals surface area contributed by atoms with Crippen molar-refractivity contribution in [3.63, 3.8) is 0 Å². The highest BCUT2D eigenvalue weighted by molar-refractivity contribution is 5.33. The van der Waals surface area contributed by atoms with Crippen molar-refractivity contribution in [2.24, 2.45) is 5.92 Å². The number of halogens is 4. The highest BCUT2D eigenvalue weighted by Crippen LogP contribution is 2.39. The molecule has 0 N–H and O–H groups in total. The number of benzene rings is 1. The fourth-order valence-corrected chi connectivity index (χ4v) is 3.03. The number of hydrogen-bond acceptors (Lipinski definition) is 1. The van der Waals surface area contributed by atoms with E-state index in [-0.39, 0.29) is 24.2 Å². The zero-order chi connectivity index (χ0) is 16.1. The summed E-state index contributed by atoms with van der Waals surface area (Å²) in [4.78, 5) is 0. The van der Waals surface area contributed by atoms with Crippen LogP contribution in [0.1, 0.15) is 44.1 Å². The average molecular weight is 316 g/mol. The first-order valence-electron chi connectivity index (χ1n) is 7.59. The summed E-state index contributed by atoms with van der Waals surface area (Å²) in [6, 6.07) is 3.01. The Morgan fingerprint density at radius 2 is 1.86 bits per heavy atom. The summed E-state index contributed by atoms with van der Waals surface area (Å²) in [5.41, 5.74) is 0.342. The summed E-state index contributed by atoms with van der Waals surface area (Å²) in [6.07, 6.45) is 3.86. The van der Waals surface area contributed by atoms with Crippen LogP contribution in [0.15, 0.2) is 24.0 Å². The molecule has 5 heteroatoms. The van der Waals surface area contributed by atoms with E-state index in [1.54, 1.807) is 13.0 Å². The molecule has 0 spiro atoms. The first-order chi connectivity index (χ1) is 10.6. The fraction of sp³-hybridized carbons (Fsp3) is 0.529. The van der Waals surface area contributed by atoms with Crippen molar-refractivity contribution < 1.29 is 22.3 Å². The Morgan fingerprint density at radius 1 is 1.18 bits per heavy atom. The monoisotopic (exact) mass is 316 g/mol. The number of allylic oxidation sites excluding steroid dienone is 2. The summed E-state index contributed by atoms with van der Waals surface area (Å²) in [5, 5.41) is 0. The van der Waals surface area contributed by atoms with Crippen LogP contribution in [-0.2, 0) is 0 Å². The van der Waals surface area contributed by atoms with Gasteiger partial charge >= 0.3 is 0 Å². The van der Waals surface area contributed by atoms with Crippen LogP contribution < -0.4 is 4.74 Å². The Labute approximate surface area is 128 Å². The quantitative estimate of drug-likeness (QED) is 0.655. The molecular weight excluding hydrogens is 296 g/mol. The van der Waals surface area contributed by atoms with Crippen molar-refractivity contribution in [2.75, 3.05) is 13.3 Å². The van der Waals surface area contributed by atoms with E-state index < -0.39 is 24.1 Å². The van der Waals surface area contributed by atoms with Crippen molar-refractivity contribution in [1.29, 1.82) is 0 Å². The SMILES string of the molecule is CCOc1ccc(C2CCC(/C=C(\F)CF)CC2)c(F)c1F. The summed E-state index contributed by atoms with van der Waals surface area (Å²) < 4.78 is 58.2. The van der Waals surface area contributed by atoms with Crippen molar-refractivity contribution >= 4 is 0 Å². The van der Waals surface area contributed by atoms with E-state index in [1.165, 1.54) is 12.1 Å². The summed E-state index contributed by atoms with van der Waals surface area (Å²) in [5.74, 6) is -2.76. The maximum absolute atomic E-state index is 14.2. The second-order valence-electron chi connectivity index (χ2n) is 5.57. The van der Waals surface area contributed by atoms with E-state index in [9.17, 15) is 17.6 Å². The Morgan fingerprint density at radius 3 is 2.45 bits per heavy atom. The van der Waals surface area contributed by atoms with Crippen LogP contribution in [0.5, 0.6) is 5.75 Å². The molecule has 122 valence electrons. The highest BCUT2D eigenvalue weighted by atomic mass is 19.2. The van der Waals surface area contributed by atoms with Gasteiger partial charge in [-0.1, -0.05) is 6.07 Å². The van der Waals surface area contributed by atoms with Gasteiger partial charge in [-0.3, -0.25) is 0 Å². The summed E-state index contributed by atoms with van der Waals surface area (Å²) in [6.45, 7) is 0.891. The molecule has 0 unspecified atom stereocenters. The number of hydrogen-bond donors (Lipinski definition) is 0. The zero-order valence-corrected chi connectivity index (χ0v) is 12.5. The second kappa shape index (κ2) is 7.65. The molecule has 2 rings (SSSR count). The van der Waals surface area contributed by atoms with Crippen LogP contribution in [0.2, 0.25) is 0 Å². The van der Waals surface area contributed by atoms with Crippen LogP contribution in [-0.4, -0.2) is 13.3 Å². The second-order valence-corrected chi connectivity index (χ2v) is 5.57. The number of ether oxygens (including phenoxy) is 1. The van der Waals surface area contributed by atoms with E-state index >= 15 is 0 Å². The molecule has 0 radical (unpaired) electrons. The smallest absolute Gasteiger partial charge is 0.200 e. The molecule has 22 heavy (non-hydrogen) atoms. The van der Waals surface area contributed by atoms with Gasteiger partial charge in [0.2, 0.25) is 5.82 Å². The summed E-state index contributed by atoms with van der Waals surface area (Å²) >= 11 is 0. The van der Waals surface area contributed by atoms with Gasteiger partial charge in [-0.15, -0.1) is 0 Å². The molecule has 1 aliphatic carbocycles. The predicted octanol–water partition coefficient (Wildman–Crippen LogP) is 5.46. The average Bonchev–Trinajstić information content (AvgIpc) is 2.53. The predicted molar refractivity (Wildman–Crippen MR) is 77.4 cm³/mol. The van der Waals surface area contributed by atoms with Crippen LogP contribution in [0, 0.1) is 17.6 Å². The Hall–Kier alpha value is -1.52. The van der Waals surface area contributed by atoms with Gasteiger partial charge in [0.05, 0.1) is 6.61 Å². The molecule has 1 aromatic rings. The fourth-order valence-electron chi connectivity index (χ4n) is 3.03. The topological polar surface area (TPSA) is 9.23 Å². The Bertz CT molecular complexity index is 534. The molecule has 1 nitrogen and oxygen atoms in total. The van der Waals surface area contributed by atoms with Gasteiger partial charge in [0.1, 0.15) is 12.5 Å². The third kappa shape index (κ3) is 3.81. The van der Waals surface area contributed by atoms with Crippen molar-refractivity contribution in [3.05, 3.63) is 41.2 Å². The normalized spacial score (nSPS) is 22.7. The van der Waals surface area contributed by atoms with Gasteiger partial charge in [-0.25, -0.2) is 13.2 Å². The molecule has 1 saturated carbocycles. The lowest BCUT2D eigenvalue weighted by atomic mass is 9.78. The van der Waals surface area contributed by atoms with Crippen molar-refractivity contribution in [2.45, 2.75) is 38.5 Å². The third-order valence-electron chi connectivity index (χ3n) is 4.13. The molecule has 0 amide bonds. The molecular formula is C17H20F4O. The molecule has 0 aromatic heterocycles. The Kier molecular flexibility index (Phi) is 5.86. The van der Waals surface area contributed by atoms with Crippen LogP contribution in [0.25, 0.3) is 0 Å². The lowest BCUT2D eigenvalue weighted by Gasteiger charge is -2.27. The molecule has 0 atom stereocenters. The van der Waals surface area contributed by atoms with Gasteiger partial charge in [0.15, 0.2) is 11.6 Å².